The van der Waals surface area contributed by atoms with E-state index < -0.39 is 0 Å². The molecular formula is C24H29FN2O2. The molecule has 1 N–H and O–H groups in total. The number of carbonyl (C=O) groups is 2. The largest absolute Gasteiger partial charge is 0.353 e. The van der Waals surface area contributed by atoms with E-state index in [1.54, 1.807) is 12.1 Å². The number of nitrogens with zero attached hydrogens (tertiary/aromatic N) is 1. The van der Waals surface area contributed by atoms with Crippen LogP contribution in [0.3, 0.4) is 0 Å². The summed E-state index contributed by atoms with van der Waals surface area (Å²) in [4.78, 5) is 26.7. The summed E-state index contributed by atoms with van der Waals surface area (Å²) >= 11 is 0. The van der Waals surface area contributed by atoms with Gasteiger partial charge in [-0.15, -0.1) is 0 Å². The van der Waals surface area contributed by atoms with Gasteiger partial charge in [0, 0.05) is 32.0 Å². The zero-order valence-electron chi connectivity index (χ0n) is 16.9. The maximum absolute atomic E-state index is 13.1. The van der Waals surface area contributed by atoms with E-state index in [2.05, 4.69) is 5.32 Å². The normalized spacial score (nSPS) is 15.7. The molecule has 1 atom stereocenters. The summed E-state index contributed by atoms with van der Waals surface area (Å²) in [6, 6.07) is 16.5. The lowest BCUT2D eigenvalue weighted by Crippen LogP contribution is -2.46. The average molecular weight is 397 g/mol. The number of hydrogen-bond donors (Lipinski definition) is 1. The number of benzene rings is 2. The molecule has 1 saturated heterocycles. The molecule has 1 unspecified atom stereocenters. The molecule has 0 aromatic heterocycles. The Morgan fingerprint density at radius 2 is 1.72 bits per heavy atom. The van der Waals surface area contributed by atoms with E-state index in [1.807, 2.05) is 42.2 Å². The molecule has 1 aliphatic heterocycles. The number of amides is 2. The van der Waals surface area contributed by atoms with Crippen molar-refractivity contribution >= 4 is 11.8 Å². The summed E-state index contributed by atoms with van der Waals surface area (Å²) < 4.78 is 13.1. The minimum Gasteiger partial charge on any atom is -0.353 e. The van der Waals surface area contributed by atoms with Crippen molar-refractivity contribution in [3.8, 4) is 0 Å². The third kappa shape index (κ3) is 6.41. The van der Waals surface area contributed by atoms with Crippen LogP contribution in [-0.2, 0) is 16.0 Å². The van der Waals surface area contributed by atoms with Gasteiger partial charge in [-0.25, -0.2) is 4.39 Å². The SMILES string of the molecule is CC(CC(=O)N1CCC(NC(=O)CCc2ccccc2)CC1)c1ccc(F)cc1. The van der Waals surface area contributed by atoms with Crippen molar-refractivity contribution < 1.29 is 14.0 Å². The van der Waals surface area contributed by atoms with Gasteiger partial charge in [0.25, 0.3) is 0 Å². The molecule has 5 heteroatoms. The predicted molar refractivity (Wildman–Crippen MR) is 112 cm³/mol. The van der Waals surface area contributed by atoms with Crippen molar-refractivity contribution in [1.29, 1.82) is 0 Å². The Balaban J connectivity index is 1.38. The van der Waals surface area contributed by atoms with Crippen LogP contribution >= 0.6 is 0 Å². The van der Waals surface area contributed by atoms with Crippen LogP contribution in [0.25, 0.3) is 0 Å². The number of aryl methyl sites for hydroxylation is 1. The zero-order valence-corrected chi connectivity index (χ0v) is 16.9. The van der Waals surface area contributed by atoms with Gasteiger partial charge in [-0.1, -0.05) is 49.4 Å². The number of rotatable bonds is 7. The smallest absolute Gasteiger partial charge is 0.223 e. The molecule has 3 rings (SSSR count). The van der Waals surface area contributed by atoms with Gasteiger partial charge in [0.2, 0.25) is 11.8 Å². The highest BCUT2D eigenvalue weighted by Gasteiger charge is 2.25. The van der Waals surface area contributed by atoms with Crippen molar-refractivity contribution in [2.24, 2.45) is 0 Å². The lowest BCUT2D eigenvalue weighted by atomic mass is 9.96. The number of halogens is 1. The second-order valence-corrected chi connectivity index (χ2v) is 7.86. The Morgan fingerprint density at radius 1 is 1.07 bits per heavy atom. The van der Waals surface area contributed by atoms with E-state index in [1.165, 1.54) is 17.7 Å². The van der Waals surface area contributed by atoms with Crippen LogP contribution in [0.5, 0.6) is 0 Å². The van der Waals surface area contributed by atoms with Gasteiger partial charge in [0.05, 0.1) is 0 Å². The Hall–Kier alpha value is -2.69. The van der Waals surface area contributed by atoms with E-state index in [-0.39, 0.29) is 29.6 Å². The summed E-state index contributed by atoms with van der Waals surface area (Å²) in [5.74, 6) is -0.0158. The van der Waals surface area contributed by atoms with Crippen molar-refractivity contribution in [2.45, 2.75) is 51.0 Å². The molecule has 0 saturated carbocycles. The van der Waals surface area contributed by atoms with Crippen molar-refractivity contribution in [2.75, 3.05) is 13.1 Å². The second kappa shape index (κ2) is 10.2. The van der Waals surface area contributed by atoms with Crippen LogP contribution in [0, 0.1) is 5.82 Å². The Labute approximate surface area is 172 Å². The van der Waals surface area contributed by atoms with Gasteiger partial charge in [0.1, 0.15) is 5.82 Å². The van der Waals surface area contributed by atoms with E-state index >= 15 is 0 Å². The molecule has 0 aliphatic carbocycles. The lowest BCUT2D eigenvalue weighted by Gasteiger charge is -2.33. The van der Waals surface area contributed by atoms with Crippen molar-refractivity contribution in [3.05, 3.63) is 71.5 Å². The van der Waals surface area contributed by atoms with Crippen molar-refractivity contribution in [1.82, 2.24) is 10.2 Å². The highest BCUT2D eigenvalue weighted by molar-refractivity contribution is 5.78. The topological polar surface area (TPSA) is 49.4 Å². The molecule has 1 fully saturated rings. The van der Waals surface area contributed by atoms with Crippen LogP contribution in [0.4, 0.5) is 4.39 Å². The Bertz CT molecular complexity index is 799. The fourth-order valence-electron chi connectivity index (χ4n) is 3.78. The summed E-state index contributed by atoms with van der Waals surface area (Å²) in [6.45, 7) is 3.32. The fourth-order valence-corrected chi connectivity index (χ4v) is 3.78. The molecule has 1 heterocycles. The Kier molecular flexibility index (Phi) is 7.39. The predicted octanol–water partition coefficient (Wildman–Crippen LogP) is 4.06. The molecule has 2 aromatic rings. The first kappa shape index (κ1) is 21.0. The van der Waals surface area contributed by atoms with E-state index in [0.717, 1.165) is 24.8 Å². The number of nitrogens with one attached hydrogen (secondary N) is 1. The Morgan fingerprint density at radius 3 is 2.38 bits per heavy atom. The molecule has 1 aliphatic rings. The summed E-state index contributed by atoms with van der Waals surface area (Å²) in [5, 5.41) is 3.11. The van der Waals surface area contributed by atoms with Crippen LogP contribution in [0.1, 0.15) is 49.7 Å². The van der Waals surface area contributed by atoms with Gasteiger partial charge >= 0.3 is 0 Å². The lowest BCUT2D eigenvalue weighted by molar-refractivity contribution is -0.132. The van der Waals surface area contributed by atoms with Crippen LogP contribution in [0.15, 0.2) is 54.6 Å². The quantitative estimate of drug-likeness (QED) is 0.767. The standard InChI is InChI=1S/C24H29FN2O2/c1-18(20-8-10-21(25)11-9-20)17-24(29)27-15-13-22(14-16-27)26-23(28)12-7-19-5-3-2-4-6-19/h2-6,8-11,18,22H,7,12-17H2,1H3,(H,26,28). The van der Waals surface area contributed by atoms with Crippen LogP contribution in [0.2, 0.25) is 0 Å². The molecule has 2 amide bonds. The average Bonchev–Trinajstić information content (AvgIpc) is 2.74. The molecule has 0 bridgehead atoms. The third-order valence-corrected chi connectivity index (χ3v) is 5.62. The highest BCUT2D eigenvalue weighted by atomic mass is 19.1. The monoisotopic (exact) mass is 396 g/mol. The van der Waals surface area contributed by atoms with Gasteiger partial charge in [-0.05, 0) is 48.4 Å². The van der Waals surface area contributed by atoms with Gasteiger partial charge < -0.3 is 10.2 Å². The first-order valence-electron chi connectivity index (χ1n) is 10.4. The minimum atomic E-state index is -0.264. The molecule has 0 spiro atoms. The van der Waals surface area contributed by atoms with Gasteiger partial charge in [0.15, 0.2) is 0 Å². The summed E-state index contributed by atoms with van der Waals surface area (Å²) in [6.07, 6.45) is 3.21. The maximum Gasteiger partial charge on any atom is 0.223 e. The van der Waals surface area contributed by atoms with E-state index in [4.69, 9.17) is 0 Å². The molecule has 154 valence electrons. The number of likely N-dealkylation sites (tertiary alicyclic amines) is 1. The molecule has 4 nitrogen and oxygen atoms in total. The number of piperidine rings is 1. The molecule has 2 aromatic carbocycles. The fraction of sp³-hybridized carbons (Fsp3) is 0.417. The van der Waals surface area contributed by atoms with E-state index in [0.29, 0.717) is 25.9 Å². The van der Waals surface area contributed by atoms with Crippen LogP contribution in [-0.4, -0.2) is 35.8 Å². The number of carbonyl (C=O) groups excluding carboxylic acids is 2. The van der Waals surface area contributed by atoms with Gasteiger partial charge in [-0.3, -0.25) is 9.59 Å². The third-order valence-electron chi connectivity index (χ3n) is 5.62. The molecule has 29 heavy (non-hydrogen) atoms. The number of hydrogen-bond acceptors (Lipinski definition) is 2. The van der Waals surface area contributed by atoms with Gasteiger partial charge in [-0.2, -0.15) is 0 Å². The summed E-state index contributed by atoms with van der Waals surface area (Å²) in [7, 11) is 0. The maximum atomic E-state index is 13.1. The first-order valence-corrected chi connectivity index (χ1v) is 10.4. The summed E-state index contributed by atoms with van der Waals surface area (Å²) in [5.41, 5.74) is 2.14. The van der Waals surface area contributed by atoms with E-state index in [9.17, 15) is 14.0 Å². The highest BCUT2D eigenvalue weighted by Crippen LogP contribution is 2.22. The van der Waals surface area contributed by atoms with Crippen molar-refractivity contribution in [3.63, 3.8) is 0 Å². The zero-order chi connectivity index (χ0) is 20.6. The molecule has 0 radical (unpaired) electrons. The first-order chi connectivity index (χ1) is 14.0. The second-order valence-electron chi connectivity index (χ2n) is 7.86. The minimum absolute atomic E-state index is 0.0542. The molecular weight excluding hydrogens is 367 g/mol. The van der Waals surface area contributed by atoms with Crippen LogP contribution < -0.4 is 5.32 Å².